The molecule has 1 atom stereocenters. The summed E-state index contributed by atoms with van der Waals surface area (Å²) in [5.41, 5.74) is 7.72. The van der Waals surface area contributed by atoms with Crippen molar-refractivity contribution in [3.05, 3.63) is 53.5 Å². The number of hydrogen-bond donors (Lipinski definition) is 3. The molecule has 2 aromatic heterocycles. The molecule has 3 rings (SSSR count). The fraction of sp³-hybridized carbons (Fsp3) is 0.188. The molecule has 0 spiro atoms. The average Bonchev–Trinajstić information content (AvgIpc) is 2.91. The number of fused-ring (bicyclic) bond motifs is 1. The first-order valence-electron chi connectivity index (χ1n) is 6.85. The standard InChI is InChI=1S/C16H16FN3O2/c1-19-7-9-2-3-13(20-8-9)14-5-10-4-11(17)6-12(16(18)21)15(10)22-14/h2-6,8,16,19,21H,7,18H2,1H3. The highest BCUT2D eigenvalue weighted by Gasteiger charge is 2.15. The number of nitrogens with one attached hydrogen (secondary N) is 1. The second-order valence-electron chi connectivity index (χ2n) is 5.05. The fourth-order valence-corrected chi connectivity index (χ4v) is 2.37. The van der Waals surface area contributed by atoms with Crippen molar-refractivity contribution in [2.24, 2.45) is 5.73 Å². The first-order chi connectivity index (χ1) is 10.6. The maximum Gasteiger partial charge on any atom is 0.153 e. The Morgan fingerprint density at radius 3 is 2.82 bits per heavy atom. The molecule has 6 heteroatoms. The van der Waals surface area contributed by atoms with Crippen LogP contribution in [0.5, 0.6) is 0 Å². The lowest BCUT2D eigenvalue weighted by atomic mass is 10.1. The normalized spacial score (nSPS) is 12.7. The van der Waals surface area contributed by atoms with Crippen molar-refractivity contribution in [1.29, 1.82) is 0 Å². The highest BCUT2D eigenvalue weighted by Crippen LogP contribution is 2.31. The second kappa shape index (κ2) is 5.84. The molecule has 0 aliphatic heterocycles. The van der Waals surface area contributed by atoms with E-state index in [9.17, 15) is 9.50 Å². The van der Waals surface area contributed by atoms with E-state index in [0.717, 1.165) is 12.1 Å². The van der Waals surface area contributed by atoms with Crippen molar-refractivity contribution in [2.75, 3.05) is 7.05 Å². The lowest BCUT2D eigenvalue weighted by Gasteiger charge is -2.05. The smallest absolute Gasteiger partial charge is 0.153 e. The Morgan fingerprint density at radius 1 is 1.36 bits per heavy atom. The Morgan fingerprint density at radius 2 is 2.18 bits per heavy atom. The number of halogens is 1. The molecule has 4 N–H and O–H groups in total. The van der Waals surface area contributed by atoms with E-state index in [1.807, 2.05) is 19.2 Å². The molecule has 3 aromatic rings. The highest BCUT2D eigenvalue weighted by molar-refractivity contribution is 5.85. The molecule has 0 saturated heterocycles. The molecule has 1 unspecified atom stereocenters. The summed E-state index contributed by atoms with van der Waals surface area (Å²) in [4.78, 5) is 4.34. The number of benzene rings is 1. The van der Waals surface area contributed by atoms with Crippen LogP contribution in [0.15, 0.2) is 40.9 Å². The average molecular weight is 301 g/mol. The molecule has 0 aliphatic rings. The van der Waals surface area contributed by atoms with Gasteiger partial charge in [0.1, 0.15) is 23.3 Å². The fourth-order valence-electron chi connectivity index (χ4n) is 2.37. The van der Waals surface area contributed by atoms with Crippen LogP contribution in [0.1, 0.15) is 17.4 Å². The van der Waals surface area contributed by atoms with E-state index in [4.69, 9.17) is 10.2 Å². The summed E-state index contributed by atoms with van der Waals surface area (Å²) in [6.07, 6.45) is 0.446. The molecule has 0 aliphatic carbocycles. The Balaban J connectivity index is 2.06. The summed E-state index contributed by atoms with van der Waals surface area (Å²) < 4.78 is 19.3. The Labute approximate surface area is 126 Å². The van der Waals surface area contributed by atoms with Crippen LogP contribution in [0, 0.1) is 5.82 Å². The summed E-state index contributed by atoms with van der Waals surface area (Å²) in [5, 5.41) is 13.1. The van der Waals surface area contributed by atoms with Gasteiger partial charge in [-0.3, -0.25) is 4.98 Å². The second-order valence-corrected chi connectivity index (χ2v) is 5.05. The van der Waals surface area contributed by atoms with Crippen molar-refractivity contribution in [3.63, 3.8) is 0 Å². The number of furan rings is 1. The zero-order chi connectivity index (χ0) is 15.7. The van der Waals surface area contributed by atoms with Gasteiger partial charge in [-0.25, -0.2) is 4.39 Å². The quantitative estimate of drug-likeness (QED) is 0.644. The SMILES string of the molecule is CNCc1ccc(-c2cc3cc(F)cc(C(N)O)c3o2)nc1. The van der Waals surface area contributed by atoms with Gasteiger partial charge >= 0.3 is 0 Å². The molecule has 0 fully saturated rings. The third kappa shape index (κ3) is 2.71. The number of aliphatic hydroxyl groups is 1. The molecular weight excluding hydrogens is 285 g/mol. The predicted octanol–water partition coefficient (Wildman–Crippen LogP) is 2.30. The number of rotatable bonds is 4. The number of nitrogens with zero attached hydrogens (tertiary/aromatic N) is 1. The molecule has 0 radical (unpaired) electrons. The summed E-state index contributed by atoms with van der Waals surface area (Å²) in [7, 11) is 1.86. The van der Waals surface area contributed by atoms with E-state index in [2.05, 4.69) is 10.3 Å². The van der Waals surface area contributed by atoms with E-state index in [-0.39, 0.29) is 5.56 Å². The lowest BCUT2D eigenvalue weighted by molar-refractivity contribution is 0.186. The molecule has 1 aromatic carbocycles. The zero-order valence-electron chi connectivity index (χ0n) is 12.0. The summed E-state index contributed by atoms with van der Waals surface area (Å²) in [6, 6.07) is 7.96. The van der Waals surface area contributed by atoms with Gasteiger partial charge in [0.05, 0.1) is 0 Å². The van der Waals surface area contributed by atoms with E-state index in [1.165, 1.54) is 12.1 Å². The first kappa shape index (κ1) is 14.6. The van der Waals surface area contributed by atoms with E-state index < -0.39 is 12.0 Å². The molecule has 0 amide bonds. The number of aromatic nitrogens is 1. The van der Waals surface area contributed by atoms with Gasteiger partial charge in [0.15, 0.2) is 5.76 Å². The first-order valence-corrected chi connectivity index (χ1v) is 6.85. The van der Waals surface area contributed by atoms with Crippen LogP contribution in [0.25, 0.3) is 22.4 Å². The van der Waals surface area contributed by atoms with Gasteiger partial charge in [-0.1, -0.05) is 6.07 Å². The van der Waals surface area contributed by atoms with Crippen LogP contribution < -0.4 is 11.1 Å². The van der Waals surface area contributed by atoms with Gasteiger partial charge in [-0.2, -0.15) is 0 Å². The largest absolute Gasteiger partial charge is 0.454 e. The van der Waals surface area contributed by atoms with Crippen molar-refractivity contribution in [2.45, 2.75) is 12.8 Å². The van der Waals surface area contributed by atoms with Crippen LogP contribution in [0.3, 0.4) is 0 Å². The highest BCUT2D eigenvalue weighted by atomic mass is 19.1. The minimum absolute atomic E-state index is 0.216. The lowest BCUT2D eigenvalue weighted by Crippen LogP contribution is -2.09. The summed E-state index contributed by atoms with van der Waals surface area (Å²) in [5.74, 6) is 0.0233. The zero-order valence-corrected chi connectivity index (χ0v) is 12.0. The predicted molar refractivity (Wildman–Crippen MR) is 81.3 cm³/mol. The van der Waals surface area contributed by atoms with Gasteiger partial charge in [0.2, 0.25) is 0 Å². The van der Waals surface area contributed by atoms with Gasteiger partial charge in [0.25, 0.3) is 0 Å². The molecule has 22 heavy (non-hydrogen) atoms. The Bertz CT molecular complexity index is 797. The van der Waals surface area contributed by atoms with Crippen LogP contribution in [-0.4, -0.2) is 17.1 Å². The topological polar surface area (TPSA) is 84.3 Å². The van der Waals surface area contributed by atoms with Crippen LogP contribution >= 0.6 is 0 Å². The molecule has 5 nitrogen and oxygen atoms in total. The van der Waals surface area contributed by atoms with Crippen molar-refractivity contribution in [1.82, 2.24) is 10.3 Å². The van der Waals surface area contributed by atoms with Crippen LogP contribution in [0.2, 0.25) is 0 Å². The monoisotopic (exact) mass is 301 g/mol. The van der Waals surface area contributed by atoms with Gasteiger partial charge in [-0.05, 0) is 36.9 Å². The van der Waals surface area contributed by atoms with Gasteiger partial charge in [-0.15, -0.1) is 0 Å². The minimum atomic E-state index is -1.30. The van der Waals surface area contributed by atoms with Crippen molar-refractivity contribution < 1.29 is 13.9 Å². The molecule has 0 bridgehead atoms. The third-order valence-corrected chi connectivity index (χ3v) is 3.39. The third-order valence-electron chi connectivity index (χ3n) is 3.39. The molecular formula is C16H16FN3O2. The van der Waals surface area contributed by atoms with Crippen LogP contribution in [-0.2, 0) is 6.54 Å². The van der Waals surface area contributed by atoms with E-state index >= 15 is 0 Å². The number of nitrogens with two attached hydrogens (primary N) is 1. The molecule has 2 heterocycles. The Kier molecular flexibility index (Phi) is 3.89. The van der Waals surface area contributed by atoms with Gasteiger partial charge < -0.3 is 20.6 Å². The van der Waals surface area contributed by atoms with Crippen molar-refractivity contribution in [3.8, 4) is 11.5 Å². The van der Waals surface area contributed by atoms with Crippen LogP contribution in [0.4, 0.5) is 4.39 Å². The number of aliphatic hydroxyl groups excluding tert-OH is 1. The number of hydrogen-bond acceptors (Lipinski definition) is 5. The molecule has 114 valence electrons. The maximum absolute atomic E-state index is 13.6. The van der Waals surface area contributed by atoms with E-state index in [0.29, 0.717) is 22.4 Å². The van der Waals surface area contributed by atoms with E-state index in [1.54, 1.807) is 12.3 Å². The summed E-state index contributed by atoms with van der Waals surface area (Å²) in [6.45, 7) is 0.724. The molecule has 0 saturated carbocycles. The Hall–Kier alpha value is -2.28. The van der Waals surface area contributed by atoms with Crippen molar-refractivity contribution >= 4 is 11.0 Å². The number of pyridine rings is 1. The maximum atomic E-state index is 13.6. The van der Waals surface area contributed by atoms with Gasteiger partial charge in [0, 0.05) is 23.7 Å². The summed E-state index contributed by atoms with van der Waals surface area (Å²) >= 11 is 0. The minimum Gasteiger partial charge on any atom is -0.454 e.